The first-order valence-corrected chi connectivity index (χ1v) is 11.5. The number of rotatable bonds is 9. The van der Waals surface area contributed by atoms with Crippen molar-refractivity contribution < 1.29 is 24.5 Å². The lowest BCUT2D eigenvalue weighted by atomic mass is 9.99. The third-order valence-electron chi connectivity index (χ3n) is 5.45. The quantitative estimate of drug-likeness (QED) is 0.355. The standard InChI is InChI=1S/C26H32ClNO5/c1-15(2)24-20(28-25(32-24)19-8-7-18(27)13-22(19)31)9-10-21(30)17-6-11-23(16(3)12-17)33-26(4,5)14-29/h6-8,11-13,15,21,29-31H,9-10,14H2,1-5H3. The minimum Gasteiger partial charge on any atom is -0.507 e. The molecule has 1 aromatic heterocycles. The Morgan fingerprint density at radius 3 is 2.48 bits per heavy atom. The van der Waals surface area contributed by atoms with Crippen LogP contribution < -0.4 is 4.74 Å². The second-order valence-corrected chi connectivity index (χ2v) is 9.68. The number of nitrogens with zero attached hydrogens (tertiary/aromatic N) is 1. The number of halogens is 1. The maximum absolute atomic E-state index is 10.8. The Labute approximate surface area is 199 Å². The maximum Gasteiger partial charge on any atom is 0.230 e. The average molecular weight is 474 g/mol. The number of phenolic OH excluding ortho intramolecular Hbond substituents is 1. The second kappa shape index (κ2) is 10.2. The molecule has 1 heterocycles. The molecule has 6 nitrogen and oxygen atoms in total. The van der Waals surface area contributed by atoms with Crippen LogP contribution in [0, 0.1) is 6.92 Å². The number of aromatic nitrogens is 1. The van der Waals surface area contributed by atoms with Crippen molar-refractivity contribution in [3.63, 3.8) is 0 Å². The van der Waals surface area contributed by atoms with Crippen LogP contribution in [-0.4, -0.2) is 32.5 Å². The third kappa shape index (κ3) is 6.08. The third-order valence-corrected chi connectivity index (χ3v) is 5.68. The summed E-state index contributed by atoms with van der Waals surface area (Å²) in [5.41, 5.74) is 2.23. The zero-order chi connectivity index (χ0) is 24.3. The number of aliphatic hydroxyl groups is 2. The van der Waals surface area contributed by atoms with E-state index in [1.54, 1.807) is 12.1 Å². The molecule has 3 rings (SSSR count). The van der Waals surface area contributed by atoms with E-state index in [1.807, 2.05) is 52.8 Å². The van der Waals surface area contributed by atoms with Crippen LogP contribution in [0.2, 0.25) is 5.02 Å². The summed E-state index contributed by atoms with van der Waals surface area (Å²) in [5, 5.41) is 30.9. The van der Waals surface area contributed by atoms with Crippen LogP contribution in [0.4, 0.5) is 0 Å². The highest BCUT2D eigenvalue weighted by Gasteiger charge is 2.22. The van der Waals surface area contributed by atoms with Crippen LogP contribution in [-0.2, 0) is 6.42 Å². The monoisotopic (exact) mass is 473 g/mol. The molecule has 0 spiro atoms. The van der Waals surface area contributed by atoms with Gasteiger partial charge in [0.05, 0.1) is 24.0 Å². The van der Waals surface area contributed by atoms with Crippen molar-refractivity contribution >= 4 is 11.6 Å². The SMILES string of the molecule is Cc1cc(C(O)CCc2nc(-c3ccc(Cl)cc3O)oc2C(C)C)ccc1OC(C)(C)CO. The summed E-state index contributed by atoms with van der Waals surface area (Å²) in [4.78, 5) is 4.61. The Kier molecular flexibility index (Phi) is 7.73. The topological polar surface area (TPSA) is 96.0 Å². The van der Waals surface area contributed by atoms with Crippen molar-refractivity contribution in [2.75, 3.05) is 6.61 Å². The number of hydrogen-bond acceptors (Lipinski definition) is 6. The van der Waals surface area contributed by atoms with Gasteiger partial charge >= 0.3 is 0 Å². The molecule has 1 atom stereocenters. The first-order chi connectivity index (χ1) is 15.5. The summed E-state index contributed by atoms with van der Waals surface area (Å²) in [6, 6.07) is 10.4. The van der Waals surface area contributed by atoms with Crippen molar-refractivity contribution in [2.45, 2.75) is 65.1 Å². The van der Waals surface area contributed by atoms with Gasteiger partial charge < -0.3 is 24.5 Å². The first kappa shape index (κ1) is 25.1. The minimum absolute atomic E-state index is 0.00722. The average Bonchev–Trinajstić information content (AvgIpc) is 3.17. The summed E-state index contributed by atoms with van der Waals surface area (Å²) in [7, 11) is 0. The number of ether oxygens (including phenoxy) is 1. The van der Waals surface area contributed by atoms with Gasteiger partial charge in [0.15, 0.2) is 0 Å². The predicted octanol–water partition coefficient (Wildman–Crippen LogP) is 5.95. The minimum atomic E-state index is -0.687. The molecule has 0 aliphatic rings. The highest BCUT2D eigenvalue weighted by molar-refractivity contribution is 6.30. The number of aryl methyl sites for hydroxylation is 2. The highest BCUT2D eigenvalue weighted by Crippen LogP contribution is 2.35. The zero-order valence-electron chi connectivity index (χ0n) is 19.7. The fraction of sp³-hybridized carbons (Fsp3) is 0.423. The number of hydrogen-bond donors (Lipinski definition) is 3. The molecule has 0 aliphatic carbocycles. The van der Waals surface area contributed by atoms with E-state index in [1.165, 1.54) is 6.07 Å². The zero-order valence-corrected chi connectivity index (χ0v) is 20.5. The van der Waals surface area contributed by atoms with E-state index in [0.29, 0.717) is 35.1 Å². The number of aromatic hydroxyl groups is 1. The molecule has 0 saturated heterocycles. The van der Waals surface area contributed by atoms with Crippen LogP contribution in [0.25, 0.3) is 11.5 Å². The van der Waals surface area contributed by atoms with E-state index in [9.17, 15) is 15.3 Å². The van der Waals surface area contributed by atoms with Crippen LogP contribution in [0.3, 0.4) is 0 Å². The smallest absolute Gasteiger partial charge is 0.230 e. The number of benzene rings is 2. The largest absolute Gasteiger partial charge is 0.507 e. The Bertz CT molecular complexity index is 1110. The van der Waals surface area contributed by atoms with Crippen molar-refractivity contribution in [2.24, 2.45) is 0 Å². The van der Waals surface area contributed by atoms with Crippen molar-refractivity contribution in [1.29, 1.82) is 0 Å². The van der Waals surface area contributed by atoms with E-state index >= 15 is 0 Å². The molecular formula is C26H32ClNO5. The lowest BCUT2D eigenvalue weighted by Gasteiger charge is -2.25. The fourth-order valence-corrected chi connectivity index (χ4v) is 3.73. The van der Waals surface area contributed by atoms with E-state index in [-0.39, 0.29) is 18.3 Å². The fourth-order valence-electron chi connectivity index (χ4n) is 3.56. The normalized spacial score (nSPS) is 12.9. The molecule has 0 radical (unpaired) electrons. The summed E-state index contributed by atoms with van der Waals surface area (Å²) < 4.78 is 11.8. The van der Waals surface area contributed by atoms with Crippen LogP contribution in [0.15, 0.2) is 40.8 Å². The summed E-state index contributed by atoms with van der Waals surface area (Å²) in [6.45, 7) is 9.49. The molecule has 2 aromatic carbocycles. The predicted molar refractivity (Wildman–Crippen MR) is 129 cm³/mol. The molecule has 0 saturated carbocycles. The molecule has 3 N–H and O–H groups in total. The molecule has 7 heteroatoms. The Morgan fingerprint density at radius 2 is 1.88 bits per heavy atom. The van der Waals surface area contributed by atoms with Gasteiger partial charge in [0.25, 0.3) is 0 Å². The van der Waals surface area contributed by atoms with Gasteiger partial charge in [0.1, 0.15) is 22.9 Å². The van der Waals surface area contributed by atoms with E-state index in [4.69, 9.17) is 20.8 Å². The molecule has 1 unspecified atom stereocenters. The molecule has 33 heavy (non-hydrogen) atoms. The summed E-state index contributed by atoms with van der Waals surface area (Å²) >= 11 is 5.94. The van der Waals surface area contributed by atoms with Gasteiger partial charge in [-0.25, -0.2) is 4.98 Å². The van der Waals surface area contributed by atoms with E-state index < -0.39 is 11.7 Å². The lowest BCUT2D eigenvalue weighted by molar-refractivity contribution is 0.0406. The van der Waals surface area contributed by atoms with Crippen LogP contribution in [0.5, 0.6) is 11.5 Å². The van der Waals surface area contributed by atoms with Gasteiger partial charge in [-0.2, -0.15) is 0 Å². The van der Waals surface area contributed by atoms with Gasteiger partial charge in [-0.3, -0.25) is 0 Å². The molecule has 0 amide bonds. The summed E-state index contributed by atoms with van der Waals surface area (Å²) in [6.07, 6.45) is 0.286. The van der Waals surface area contributed by atoms with Gasteiger partial charge in [-0.15, -0.1) is 0 Å². The first-order valence-electron chi connectivity index (χ1n) is 11.1. The molecule has 0 fully saturated rings. The Balaban J connectivity index is 1.76. The van der Waals surface area contributed by atoms with Gasteiger partial charge in [0, 0.05) is 10.9 Å². The summed E-state index contributed by atoms with van der Waals surface area (Å²) in [5.74, 6) is 1.85. The Hall–Kier alpha value is -2.54. The van der Waals surface area contributed by atoms with Crippen LogP contribution in [0.1, 0.15) is 68.7 Å². The maximum atomic E-state index is 10.8. The molecular weight excluding hydrogens is 442 g/mol. The van der Waals surface area contributed by atoms with Crippen molar-refractivity contribution in [3.05, 3.63) is 64.0 Å². The van der Waals surface area contributed by atoms with Crippen molar-refractivity contribution in [3.8, 4) is 23.0 Å². The van der Waals surface area contributed by atoms with E-state index in [2.05, 4.69) is 4.98 Å². The molecule has 0 bridgehead atoms. The Morgan fingerprint density at radius 1 is 1.15 bits per heavy atom. The van der Waals surface area contributed by atoms with Gasteiger partial charge in [-0.1, -0.05) is 31.5 Å². The van der Waals surface area contributed by atoms with Gasteiger partial charge in [0.2, 0.25) is 5.89 Å². The van der Waals surface area contributed by atoms with Crippen molar-refractivity contribution in [1.82, 2.24) is 4.98 Å². The lowest BCUT2D eigenvalue weighted by Crippen LogP contribution is -2.32. The number of oxazole rings is 1. The van der Waals surface area contributed by atoms with Crippen LogP contribution >= 0.6 is 11.6 Å². The van der Waals surface area contributed by atoms with Gasteiger partial charge in [-0.05, 0) is 75.1 Å². The molecule has 178 valence electrons. The number of phenols is 1. The second-order valence-electron chi connectivity index (χ2n) is 9.25. The number of aliphatic hydroxyl groups excluding tert-OH is 2. The highest BCUT2D eigenvalue weighted by atomic mass is 35.5. The van der Waals surface area contributed by atoms with E-state index in [0.717, 1.165) is 22.6 Å². The molecule has 0 aliphatic heterocycles. The molecule has 3 aromatic rings.